The van der Waals surface area contributed by atoms with E-state index in [0.717, 1.165) is 11.3 Å². The van der Waals surface area contributed by atoms with Crippen LogP contribution in [-0.4, -0.2) is 27.7 Å². The van der Waals surface area contributed by atoms with E-state index >= 15 is 0 Å². The molecule has 0 aliphatic carbocycles. The number of aliphatic hydroxyl groups excluding tert-OH is 1. The molecular weight excluding hydrogens is 256 g/mol. The van der Waals surface area contributed by atoms with E-state index in [1.54, 1.807) is 13.8 Å². The zero-order valence-electron chi connectivity index (χ0n) is 9.94. The second kappa shape index (κ2) is 4.87. The average Bonchev–Trinajstić information content (AvgIpc) is 2.67. The van der Waals surface area contributed by atoms with Crippen LogP contribution in [0.15, 0.2) is 4.79 Å². The highest BCUT2D eigenvalue weighted by molar-refractivity contribution is 7.20. The van der Waals surface area contributed by atoms with Gasteiger partial charge >= 0.3 is 5.97 Å². The van der Waals surface area contributed by atoms with Gasteiger partial charge in [0.25, 0.3) is 5.56 Å². The molecule has 0 aliphatic rings. The van der Waals surface area contributed by atoms with Gasteiger partial charge in [0.15, 0.2) is 0 Å². The van der Waals surface area contributed by atoms with Gasteiger partial charge in [0.1, 0.15) is 22.1 Å². The van der Waals surface area contributed by atoms with Crippen LogP contribution >= 0.6 is 11.3 Å². The van der Waals surface area contributed by atoms with Gasteiger partial charge in [-0.15, -0.1) is 11.3 Å². The zero-order valence-corrected chi connectivity index (χ0v) is 10.8. The number of esters is 1. The van der Waals surface area contributed by atoms with Crippen molar-refractivity contribution in [2.24, 2.45) is 0 Å². The van der Waals surface area contributed by atoms with Crippen molar-refractivity contribution in [3.63, 3.8) is 0 Å². The third kappa shape index (κ3) is 2.02. The standard InChI is InChI=1S/C11H12N2O4S/c1-3-17-11(16)8-5(2)7-9(15)12-6(4-14)13-10(7)18-8/h14H,3-4H2,1-2H3,(H,12,13,15). The summed E-state index contributed by atoms with van der Waals surface area (Å²) >= 11 is 1.10. The lowest BCUT2D eigenvalue weighted by Crippen LogP contribution is -2.11. The summed E-state index contributed by atoms with van der Waals surface area (Å²) in [6.07, 6.45) is 0. The second-order valence-corrected chi connectivity index (χ2v) is 4.63. The van der Waals surface area contributed by atoms with Crippen LogP contribution in [0.25, 0.3) is 10.2 Å². The van der Waals surface area contributed by atoms with Crippen LogP contribution in [0, 0.1) is 6.92 Å². The molecule has 0 spiro atoms. The van der Waals surface area contributed by atoms with E-state index in [-0.39, 0.29) is 24.6 Å². The van der Waals surface area contributed by atoms with E-state index < -0.39 is 5.97 Å². The van der Waals surface area contributed by atoms with Crippen LogP contribution in [0.3, 0.4) is 0 Å². The first-order chi connectivity index (χ1) is 8.58. The normalized spacial score (nSPS) is 10.8. The number of aromatic nitrogens is 2. The van der Waals surface area contributed by atoms with Gasteiger partial charge in [-0.3, -0.25) is 4.79 Å². The van der Waals surface area contributed by atoms with Gasteiger partial charge in [0.2, 0.25) is 0 Å². The summed E-state index contributed by atoms with van der Waals surface area (Å²) in [5, 5.41) is 9.35. The van der Waals surface area contributed by atoms with E-state index in [0.29, 0.717) is 20.7 Å². The molecule has 0 saturated heterocycles. The predicted molar refractivity (Wildman–Crippen MR) is 66.9 cm³/mol. The summed E-state index contributed by atoms with van der Waals surface area (Å²) < 4.78 is 4.92. The smallest absolute Gasteiger partial charge is 0.348 e. The lowest BCUT2D eigenvalue weighted by Gasteiger charge is -1.98. The zero-order chi connectivity index (χ0) is 13.3. The molecule has 7 heteroatoms. The quantitative estimate of drug-likeness (QED) is 0.809. The summed E-state index contributed by atoms with van der Waals surface area (Å²) in [7, 11) is 0. The number of thiophene rings is 1. The number of aromatic amines is 1. The Morgan fingerprint density at radius 3 is 2.89 bits per heavy atom. The van der Waals surface area contributed by atoms with E-state index in [2.05, 4.69) is 9.97 Å². The number of nitrogens with zero attached hydrogens (tertiary/aromatic N) is 1. The Kier molecular flexibility index (Phi) is 3.44. The molecule has 2 N–H and O–H groups in total. The number of rotatable bonds is 3. The first-order valence-electron chi connectivity index (χ1n) is 5.38. The van der Waals surface area contributed by atoms with Crippen molar-refractivity contribution in [2.75, 3.05) is 6.61 Å². The largest absolute Gasteiger partial charge is 0.462 e. The molecule has 0 atom stereocenters. The number of carbonyl (C=O) groups excluding carboxylic acids is 1. The van der Waals surface area contributed by atoms with Gasteiger partial charge in [0.05, 0.1) is 12.0 Å². The minimum Gasteiger partial charge on any atom is -0.462 e. The summed E-state index contributed by atoms with van der Waals surface area (Å²) in [5.74, 6) is -0.271. The molecule has 2 rings (SSSR count). The lowest BCUT2D eigenvalue weighted by molar-refractivity contribution is 0.0531. The van der Waals surface area contributed by atoms with Gasteiger partial charge in [-0.2, -0.15) is 0 Å². The van der Waals surface area contributed by atoms with E-state index in [4.69, 9.17) is 9.84 Å². The molecule has 0 unspecified atom stereocenters. The van der Waals surface area contributed by atoms with Crippen LogP contribution < -0.4 is 5.56 Å². The Hall–Kier alpha value is -1.73. The maximum Gasteiger partial charge on any atom is 0.348 e. The highest BCUT2D eigenvalue weighted by Crippen LogP contribution is 2.27. The SMILES string of the molecule is CCOC(=O)c1sc2nc(CO)[nH]c(=O)c2c1C. The Bertz CT molecular complexity index is 659. The number of ether oxygens (including phenoxy) is 1. The van der Waals surface area contributed by atoms with Crippen LogP contribution in [-0.2, 0) is 11.3 Å². The highest BCUT2D eigenvalue weighted by atomic mass is 32.1. The second-order valence-electron chi connectivity index (χ2n) is 3.63. The highest BCUT2D eigenvalue weighted by Gasteiger charge is 2.19. The fourth-order valence-corrected chi connectivity index (χ4v) is 2.75. The van der Waals surface area contributed by atoms with Gasteiger partial charge in [-0.1, -0.05) is 0 Å². The van der Waals surface area contributed by atoms with Crippen molar-refractivity contribution >= 4 is 27.5 Å². The summed E-state index contributed by atoms with van der Waals surface area (Å²) in [5.41, 5.74) is 0.208. The van der Waals surface area contributed by atoms with Crippen molar-refractivity contribution in [1.29, 1.82) is 0 Å². The number of fused-ring (bicyclic) bond motifs is 1. The third-order valence-corrected chi connectivity index (χ3v) is 3.63. The monoisotopic (exact) mass is 268 g/mol. The minimum atomic E-state index is -0.456. The molecule has 2 aromatic rings. The van der Waals surface area contributed by atoms with Crippen molar-refractivity contribution in [1.82, 2.24) is 9.97 Å². The number of aryl methyl sites for hydroxylation is 1. The Morgan fingerprint density at radius 1 is 1.56 bits per heavy atom. The molecule has 0 fully saturated rings. The first kappa shape index (κ1) is 12.7. The summed E-state index contributed by atoms with van der Waals surface area (Å²) in [4.78, 5) is 30.9. The topological polar surface area (TPSA) is 92.3 Å². The first-order valence-corrected chi connectivity index (χ1v) is 6.20. The molecule has 2 aromatic heterocycles. The third-order valence-electron chi connectivity index (χ3n) is 2.46. The maximum atomic E-state index is 11.8. The molecule has 0 radical (unpaired) electrons. The van der Waals surface area contributed by atoms with E-state index in [1.165, 1.54) is 0 Å². The number of hydrogen-bond acceptors (Lipinski definition) is 6. The fraction of sp³-hybridized carbons (Fsp3) is 0.364. The number of hydrogen-bond donors (Lipinski definition) is 2. The molecule has 0 bridgehead atoms. The number of carbonyl (C=O) groups is 1. The molecule has 6 nitrogen and oxygen atoms in total. The average molecular weight is 268 g/mol. The fourth-order valence-electron chi connectivity index (χ4n) is 1.65. The Balaban J connectivity index is 2.66. The molecule has 96 valence electrons. The molecule has 0 amide bonds. The van der Waals surface area contributed by atoms with Crippen LogP contribution in [0.2, 0.25) is 0 Å². The maximum absolute atomic E-state index is 11.8. The van der Waals surface area contributed by atoms with Crippen LogP contribution in [0.4, 0.5) is 0 Å². The molecule has 2 heterocycles. The number of H-pyrrole nitrogens is 1. The summed E-state index contributed by atoms with van der Waals surface area (Å²) in [6.45, 7) is 3.32. The van der Waals surface area contributed by atoms with Crippen molar-refractivity contribution < 1.29 is 14.6 Å². The van der Waals surface area contributed by atoms with Crippen molar-refractivity contribution in [3.8, 4) is 0 Å². The molecule has 0 aliphatic heterocycles. The number of nitrogens with one attached hydrogen (secondary N) is 1. The van der Waals surface area contributed by atoms with Gasteiger partial charge < -0.3 is 14.8 Å². The van der Waals surface area contributed by atoms with Crippen molar-refractivity contribution in [3.05, 3.63) is 26.6 Å². The molecule has 0 aromatic carbocycles. The minimum absolute atomic E-state index is 0.184. The van der Waals surface area contributed by atoms with Gasteiger partial charge in [-0.25, -0.2) is 9.78 Å². The van der Waals surface area contributed by atoms with Gasteiger partial charge in [0, 0.05) is 0 Å². The van der Waals surface area contributed by atoms with Crippen LogP contribution in [0.5, 0.6) is 0 Å². The summed E-state index contributed by atoms with van der Waals surface area (Å²) in [6, 6.07) is 0. The lowest BCUT2D eigenvalue weighted by atomic mass is 10.2. The van der Waals surface area contributed by atoms with E-state index in [9.17, 15) is 9.59 Å². The Morgan fingerprint density at radius 2 is 2.28 bits per heavy atom. The molecule has 0 saturated carbocycles. The van der Waals surface area contributed by atoms with Crippen LogP contribution in [0.1, 0.15) is 28.0 Å². The predicted octanol–water partition coefficient (Wildman–Crippen LogP) is 0.962. The van der Waals surface area contributed by atoms with E-state index in [1.807, 2.05) is 0 Å². The molecule has 18 heavy (non-hydrogen) atoms. The molecular formula is C11H12N2O4S. The number of aliphatic hydroxyl groups is 1. The Labute approximate surface area is 106 Å². The van der Waals surface area contributed by atoms with Gasteiger partial charge in [-0.05, 0) is 19.4 Å². The van der Waals surface area contributed by atoms with Crippen molar-refractivity contribution in [2.45, 2.75) is 20.5 Å².